The number of imidazole rings is 1. The summed E-state index contributed by atoms with van der Waals surface area (Å²) in [6.45, 7) is 3.64. The summed E-state index contributed by atoms with van der Waals surface area (Å²) < 4.78 is 2.08. The normalized spacial score (nSPS) is 10.6. The van der Waals surface area contributed by atoms with Crippen molar-refractivity contribution in [1.82, 2.24) is 19.9 Å². The van der Waals surface area contributed by atoms with Gasteiger partial charge in [0.15, 0.2) is 0 Å². The minimum atomic E-state index is 0.783. The smallest absolute Gasteiger partial charge is 0.105 e. The summed E-state index contributed by atoms with van der Waals surface area (Å²) in [6, 6.07) is 4.16. The van der Waals surface area contributed by atoms with E-state index in [-0.39, 0.29) is 0 Å². The largest absolute Gasteiger partial charge is 0.329 e. The summed E-state index contributed by atoms with van der Waals surface area (Å²) in [6.07, 6.45) is 5.70. The third-order valence-electron chi connectivity index (χ3n) is 2.52. The highest BCUT2D eigenvalue weighted by molar-refractivity contribution is 5.14. The molecular formula is C12H16N4. The van der Waals surface area contributed by atoms with Crippen molar-refractivity contribution in [3.63, 3.8) is 0 Å². The molecule has 0 saturated heterocycles. The molecule has 0 saturated carbocycles. The van der Waals surface area contributed by atoms with E-state index in [0.29, 0.717) is 0 Å². The van der Waals surface area contributed by atoms with Gasteiger partial charge in [-0.25, -0.2) is 4.98 Å². The van der Waals surface area contributed by atoms with E-state index < -0.39 is 0 Å². The monoisotopic (exact) mass is 216 g/mol. The topological polar surface area (TPSA) is 42.7 Å². The third-order valence-corrected chi connectivity index (χ3v) is 2.52. The van der Waals surface area contributed by atoms with Crippen molar-refractivity contribution in [3.8, 4) is 0 Å². The number of hydrogen-bond acceptors (Lipinski definition) is 3. The van der Waals surface area contributed by atoms with Crippen LogP contribution in [-0.4, -0.2) is 21.6 Å². The number of aromatic nitrogens is 3. The summed E-state index contributed by atoms with van der Waals surface area (Å²) in [4.78, 5) is 8.61. The van der Waals surface area contributed by atoms with Crippen molar-refractivity contribution in [1.29, 1.82) is 0 Å². The molecule has 0 fully saturated rings. The fourth-order valence-corrected chi connectivity index (χ4v) is 1.60. The van der Waals surface area contributed by atoms with Gasteiger partial charge in [0.2, 0.25) is 0 Å². The summed E-state index contributed by atoms with van der Waals surface area (Å²) >= 11 is 0. The van der Waals surface area contributed by atoms with Crippen LogP contribution >= 0.6 is 0 Å². The van der Waals surface area contributed by atoms with Crippen molar-refractivity contribution in [2.45, 2.75) is 20.0 Å². The molecule has 0 bridgehead atoms. The highest BCUT2D eigenvalue weighted by Crippen LogP contribution is 2.04. The van der Waals surface area contributed by atoms with Crippen LogP contribution in [0, 0.1) is 6.92 Å². The first kappa shape index (κ1) is 10.8. The molecule has 0 aliphatic rings. The first-order valence-corrected chi connectivity index (χ1v) is 5.35. The van der Waals surface area contributed by atoms with Crippen LogP contribution in [0.15, 0.2) is 30.7 Å². The van der Waals surface area contributed by atoms with Crippen LogP contribution in [0.3, 0.4) is 0 Å². The van der Waals surface area contributed by atoms with E-state index in [9.17, 15) is 0 Å². The molecular weight excluding hydrogens is 200 g/mol. The van der Waals surface area contributed by atoms with Gasteiger partial charge in [-0.3, -0.25) is 4.98 Å². The van der Waals surface area contributed by atoms with Crippen LogP contribution in [0.5, 0.6) is 0 Å². The molecule has 0 aliphatic carbocycles. The summed E-state index contributed by atoms with van der Waals surface area (Å²) in [5.74, 6) is 1.01. The van der Waals surface area contributed by atoms with Gasteiger partial charge in [0, 0.05) is 25.1 Å². The highest BCUT2D eigenvalue weighted by atomic mass is 15.1. The fraction of sp³-hybridized carbons (Fsp3) is 0.333. The Morgan fingerprint density at radius 2 is 2.19 bits per heavy atom. The zero-order chi connectivity index (χ0) is 11.4. The van der Waals surface area contributed by atoms with Gasteiger partial charge < -0.3 is 9.88 Å². The van der Waals surface area contributed by atoms with Crippen LogP contribution in [0.2, 0.25) is 0 Å². The first-order chi connectivity index (χ1) is 7.79. The Morgan fingerprint density at radius 1 is 1.31 bits per heavy atom. The van der Waals surface area contributed by atoms with Crippen molar-refractivity contribution < 1.29 is 0 Å². The van der Waals surface area contributed by atoms with Gasteiger partial charge in [0.25, 0.3) is 0 Å². The number of nitrogens with zero attached hydrogens (tertiary/aromatic N) is 3. The van der Waals surface area contributed by atoms with Crippen LogP contribution in [0.1, 0.15) is 17.1 Å². The molecule has 0 aliphatic heterocycles. The Morgan fingerprint density at radius 3 is 2.75 bits per heavy atom. The van der Waals surface area contributed by atoms with E-state index >= 15 is 0 Å². The summed E-state index contributed by atoms with van der Waals surface area (Å²) in [5.41, 5.74) is 2.26. The molecule has 0 atom stereocenters. The minimum absolute atomic E-state index is 0.783. The molecule has 2 rings (SSSR count). The predicted molar refractivity (Wildman–Crippen MR) is 63.1 cm³/mol. The van der Waals surface area contributed by atoms with Crippen LogP contribution in [0.25, 0.3) is 0 Å². The Hall–Kier alpha value is -1.68. The van der Waals surface area contributed by atoms with Crippen molar-refractivity contribution >= 4 is 0 Å². The lowest BCUT2D eigenvalue weighted by Gasteiger charge is -2.05. The van der Waals surface area contributed by atoms with E-state index in [1.54, 1.807) is 0 Å². The van der Waals surface area contributed by atoms with E-state index in [1.165, 1.54) is 5.56 Å². The molecule has 2 heterocycles. The first-order valence-electron chi connectivity index (χ1n) is 5.35. The molecule has 0 radical (unpaired) electrons. The molecule has 4 nitrogen and oxygen atoms in total. The van der Waals surface area contributed by atoms with Gasteiger partial charge >= 0.3 is 0 Å². The molecule has 2 aromatic rings. The highest BCUT2D eigenvalue weighted by Gasteiger charge is 2.00. The van der Waals surface area contributed by atoms with Gasteiger partial charge in [-0.05, 0) is 25.6 Å². The molecule has 0 amide bonds. The molecule has 0 unspecified atom stereocenters. The van der Waals surface area contributed by atoms with Gasteiger partial charge in [-0.15, -0.1) is 0 Å². The maximum Gasteiger partial charge on any atom is 0.105 e. The lowest BCUT2D eigenvalue weighted by atomic mass is 10.2. The van der Waals surface area contributed by atoms with Gasteiger partial charge in [0.05, 0.1) is 12.2 Å². The SMILES string of the molecule is CNCc1ccc(Cn2ccnc2C)nc1. The zero-order valence-electron chi connectivity index (χ0n) is 9.64. The van der Waals surface area contributed by atoms with E-state index in [1.807, 2.05) is 32.6 Å². The van der Waals surface area contributed by atoms with E-state index in [0.717, 1.165) is 24.6 Å². The Balaban J connectivity index is 2.08. The number of pyridine rings is 1. The number of aryl methyl sites for hydroxylation is 1. The molecule has 0 aromatic carbocycles. The standard InChI is InChI=1S/C12H16N4/c1-10-14-5-6-16(10)9-12-4-3-11(7-13-2)8-15-12/h3-6,8,13H,7,9H2,1-2H3. The van der Waals surface area contributed by atoms with Gasteiger partial charge in [-0.1, -0.05) is 6.07 Å². The second kappa shape index (κ2) is 4.90. The summed E-state index contributed by atoms with van der Waals surface area (Å²) in [5, 5.41) is 3.10. The molecule has 4 heteroatoms. The van der Waals surface area contributed by atoms with Crippen LogP contribution < -0.4 is 5.32 Å². The number of nitrogens with one attached hydrogen (secondary N) is 1. The fourth-order valence-electron chi connectivity index (χ4n) is 1.60. The number of hydrogen-bond donors (Lipinski definition) is 1. The average molecular weight is 216 g/mol. The molecule has 16 heavy (non-hydrogen) atoms. The molecule has 1 N–H and O–H groups in total. The molecule has 84 valence electrons. The van der Waals surface area contributed by atoms with Crippen LogP contribution in [-0.2, 0) is 13.1 Å². The zero-order valence-corrected chi connectivity index (χ0v) is 9.64. The minimum Gasteiger partial charge on any atom is -0.329 e. The maximum absolute atomic E-state index is 4.42. The van der Waals surface area contributed by atoms with Gasteiger partial charge in [0.1, 0.15) is 5.82 Å². The third kappa shape index (κ3) is 2.46. The Labute approximate surface area is 95.4 Å². The Kier molecular flexibility index (Phi) is 3.31. The Bertz CT molecular complexity index is 444. The van der Waals surface area contributed by atoms with E-state index in [4.69, 9.17) is 0 Å². The van der Waals surface area contributed by atoms with Crippen molar-refractivity contribution in [2.24, 2.45) is 0 Å². The van der Waals surface area contributed by atoms with Crippen LogP contribution in [0.4, 0.5) is 0 Å². The maximum atomic E-state index is 4.42. The second-order valence-corrected chi connectivity index (χ2v) is 3.79. The number of rotatable bonds is 4. The van der Waals surface area contributed by atoms with Crippen molar-refractivity contribution in [2.75, 3.05) is 7.05 Å². The molecule has 2 aromatic heterocycles. The second-order valence-electron chi connectivity index (χ2n) is 3.79. The van der Waals surface area contributed by atoms with Crippen molar-refractivity contribution in [3.05, 3.63) is 47.8 Å². The average Bonchev–Trinajstić information content (AvgIpc) is 2.68. The lowest BCUT2D eigenvalue weighted by Crippen LogP contribution is -2.07. The lowest BCUT2D eigenvalue weighted by molar-refractivity contribution is 0.737. The van der Waals surface area contributed by atoms with Gasteiger partial charge in [-0.2, -0.15) is 0 Å². The molecule has 0 spiro atoms. The predicted octanol–water partition coefficient (Wildman–Crippen LogP) is 1.35. The quantitative estimate of drug-likeness (QED) is 0.839. The van der Waals surface area contributed by atoms with E-state index in [2.05, 4.69) is 32.0 Å². The summed E-state index contributed by atoms with van der Waals surface area (Å²) in [7, 11) is 1.93.